The average molecular weight is 340 g/mol. The molecule has 2 aromatic rings. The molecular weight excluding hydrogens is 320 g/mol. The summed E-state index contributed by atoms with van der Waals surface area (Å²) in [7, 11) is 1.59. The van der Waals surface area contributed by atoms with Crippen LogP contribution < -0.4 is 15.0 Å². The van der Waals surface area contributed by atoms with E-state index in [9.17, 15) is 9.59 Å². The summed E-state index contributed by atoms with van der Waals surface area (Å²) in [5.41, 5.74) is 2.32. The normalized spacial score (nSPS) is 16.8. The fraction of sp³-hybridized carbons (Fsp3) is 0.333. The molecule has 0 unspecified atom stereocenters. The number of carbonyl (C=O) groups excluding carboxylic acids is 2. The van der Waals surface area contributed by atoms with Gasteiger partial charge in [-0.3, -0.25) is 14.9 Å². The summed E-state index contributed by atoms with van der Waals surface area (Å²) >= 11 is 0. The zero-order valence-electron chi connectivity index (χ0n) is 14.4. The standard InChI is InChI=1S/C18H20N4O3/c1-11-8-12(2)20-18(19-11)21-17(24)13-9-16(23)22(10-13)14-4-6-15(25-3)7-5-14/h4-8,13H,9-10H2,1-3H3,(H,19,20,21,24)/t13-/m0/s1. The fourth-order valence-electron chi connectivity index (χ4n) is 2.89. The molecule has 1 N–H and O–H groups in total. The number of nitrogens with zero attached hydrogens (tertiary/aromatic N) is 3. The lowest BCUT2D eigenvalue weighted by Crippen LogP contribution is -2.28. The van der Waals surface area contributed by atoms with Crippen molar-refractivity contribution in [1.82, 2.24) is 9.97 Å². The predicted molar refractivity (Wildman–Crippen MR) is 93.6 cm³/mol. The number of hydrogen-bond donors (Lipinski definition) is 1. The lowest BCUT2D eigenvalue weighted by Gasteiger charge is -2.17. The topological polar surface area (TPSA) is 84.4 Å². The van der Waals surface area contributed by atoms with Gasteiger partial charge in [0.25, 0.3) is 0 Å². The first-order chi connectivity index (χ1) is 12.0. The van der Waals surface area contributed by atoms with Crippen molar-refractivity contribution < 1.29 is 14.3 Å². The minimum absolute atomic E-state index is 0.0772. The molecule has 7 heteroatoms. The van der Waals surface area contributed by atoms with Gasteiger partial charge >= 0.3 is 0 Å². The highest BCUT2D eigenvalue weighted by molar-refractivity contribution is 6.03. The molecule has 3 rings (SSSR count). The molecule has 1 aliphatic heterocycles. The molecule has 130 valence electrons. The molecule has 0 saturated carbocycles. The first kappa shape index (κ1) is 16.9. The molecular formula is C18H20N4O3. The van der Waals surface area contributed by atoms with E-state index in [1.165, 1.54) is 0 Å². The molecule has 7 nitrogen and oxygen atoms in total. The number of aryl methyl sites for hydroxylation is 2. The van der Waals surface area contributed by atoms with E-state index in [2.05, 4.69) is 15.3 Å². The van der Waals surface area contributed by atoms with Crippen molar-refractivity contribution in [2.24, 2.45) is 5.92 Å². The number of carbonyl (C=O) groups is 2. The number of amides is 2. The van der Waals surface area contributed by atoms with Gasteiger partial charge in [-0.25, -0.2) is 9.97 Å². The Morgan fingerprint density at radius 2 is 1.84 bits per heavy atom. The van der Waals surface area contributed by atoms with Crippen LogP contribution in [0.4, 0.5) is 11.6 Å². The van der Waals surface area contributed by atoms with Gasteiger partial charge in [0, 0.05) is 30.0 Å². The van der Waals surface area contributed by atoms with Gasteiger partial charge < -0.3 is 9.64 Å². The molecule has 2 heterocycles. The van der Waals surface area contributed by atoms with Crippen LogP contribution in [0.1, 0.15) is 17.8 Å². The van der Waals surface area contributed by atoms with Gasteiger partial charge in [0.1, 0.15) is 5.75 Å². The van der Waals surface area contributed by atoms with Crippen LogP contribution in [0.25, 0.3) is 0 Å². The van der Waals surface area contributed by atoms with E-state index in [0.717, 1.165) is 22.8 Å². The molecule has 0 bridgehead atoms. The van der Waals surface area contributed by atoms with Gasteiger partial charge in [0.2, 0.25) is 17.8 Å². The Balaban J connectivity index is 1.69. The number of rotatable bonds is 4. The summed E-state index contributed by atoms with van der Waals surface area (Å²) in [6.45, 7) is 4.02. The highest BCUT2D eigenvalue weighted by Gasteiger charge is 2.35. The third-order valence-corrected chi connectivity index (χ3v) is 4.10. The van der Waals surface area contributed by atoms with Crippen molar-refractivity contribution in [2.75, 3.05) is 23.9 Å². The molecule has 1 fully saturated rings. The van der Waals surface area contributed by atoms with E-state index < -0.39 is 5.92 Å². The molecule has 2 amide bonds. The number of aromatic nitrogens is 2. The number of nitrogens with one attached hydrogen (secondary N) is 1. The molecule has 1 aromatic heterocycles. The SMILES string of the molecule is COc1ccc(N2C[C@@H](C(=O)Nc3nc(C)cc(C)n3)CC2=O)cc1. The molecule has 25 heavy (non-hydrogen) atoms. The maximum Gasteiger partial charge on any atom is 0.232 e. The third kappa shape index (κ3) is 3.76. The highest BCUT2D eigenvalue weighted by atomic mass is 16.5. The Morgan fingerprint density at radius 3 is 2.44 bits per heavy atom. The summed E-state index contributed by atoms with van der Waals surface area (Å²) < 4.78 is 5.12. The zero-order valence-corrected chi connectivity index (χ0v) is 14.4. The highest BCUT2D eigenvalue weighted by Crippen LogP contribution is 2.27. The first-order valence-electron chi connectivity index (χ1n) is 8.04. The van der Waals surface area contributed by atoms with Crippen molar-refractivity contribution in [3.63, 3.8) is 0 Å². The van der Waals surface area contributed by atoms with E-state index in [-0.39, 0.29) is 24.2 Å². The Kier molecular flexibility index (Phi) is 4.65. The number of ether oxygens (including phenoxy) is 1. The van der Waals surface area contributed by atoms with E-state index in [4.69, 9.17) is 4.74 Å². The van der Waals surface area contributed by atoms with E-state index in [0.29, 0.717) is 6.54 Å². The summed E-state index contributed by atoms with van der Waals surface area (Å²) in [6.07, 6.45) is 0.169. The Hall–Kier alpha value is -2.96. The zero-order chi connectivity index (χ0) is 18.0. The number of anilines is 2. The van der Waals surface area contributed by atoms with Crippen LogP contribution >= 0.6 is 0 Å². The molecule has 1 aromatic carbocycles. The van der Waals surface area contributed by atoms with E-state index in [1.807, 2.05) is 32.0 Å². The van der Waals surface area contributed by atoms with Crippen molar-refractivity contribution in [1.29, 1.82) is 0 Å². The maximum atomic E-state index is 12.5. The van der Waals surface area contributed by atoms with E-state index in [1.54, 1.807) is 24.1 Å². The maximum absolute atomic E-state index is 12.5. The largest absolute Gasteiger partial charge is 0.497 e. The van der Waals surface area contributed by atoms with Crippen LogP contribution in [-0.4, -0.2) is 35.4 Å². The quantitative estimate of drug-likeness (QED) is 0.921. The van der Waals surface area contributed by atoms with Crippen LogP contribution in [0.15, 0.2) is 30.3 Å². The molecule has 1 atom stereocenters. The van der Waals surface area contributed by atoms with Gasteiger partial charge in [-0.05, 0) is 44.2 Å². The van der Waals surface area contributed by atoms with Crippen LogP contribution in [-0.2, 0) is 9.59 Å². The van der Waals surface area contributed by atoms with Gasteiger partial charge in [0.05, 0.1) is 13.0 Å². The van der Waals surface area contributed by atoms with Crippen molar-refractivity contribution >= 4 is 23.5 Å². The molecule has 0 radical (unpaired) electrons. The predicted octanol–water partition coefficient (Wildman–Crippen LogP) is 2.09. The summed E-state index contributed by atoms with van der Waals surface area (Å²) in [4.78, 5) is 34.8. The van der Waals surface area contributed by atoms with Crippen molar-refractivity contribution in [3.05, 3.63) is 41.7 Å². The molecule has 0 aliphatic carbocycles. The number of hydrogen-bond acceptors (Lipinski definition) is 5. The van der Waals surface area contributed by atoms with Crippen LogP contribution in [0.3, 0.4) is 0 Å². The van der Waals surface area contributed by atoms with Gasteiger partial charge in [-0.1, -0.05) is 0 Å². The van der Waals surface area contributed by atoms with E-state index >= 15 is 0 Å². The monoisotopic (exact) mass is 340 g/mol. The van der Waals surface area contributed by atoms with Crippen LogP contribution in [0.2, 0.25) is 0 Å². The van der Waals surface area contributed by atoms with Gasteiger partial charge in [-0.2, -0.15) is 0 Å². The summed E-state index contributed by atoms with van der Waals surface area (Å²) in [5, 5.41) is 2.72. The molecule has 0 spiro atoms. The smallest absolute Gasteiger partial charge is 0.232 e. The third-order valence-electron chi connectivity index (χ3n) is 4.10. The second kappa shape index (κ2) is 6.88. The second-order valence-corrected chi connectivity index (χ2v) is 6.07. The first-order valence-corrected chi connectivity index (χ1v) is 8.04. The average Bonchev–Trinajstić information content (AvgIpc) is 2.96. The Labute approximate surface area is 146 Å². The van der Waals surface area contributed by atoms with Crippen molar-refractivity contribution in [2.45, 2.75) is 20.3 Å². The van der Waals surface area contributed by atoms with Crippen LogP contribution in [0.5, 0.6) is 5.75 Å². The lowest BCUT2D eigenvalue weighted by atomic mass is 10.1. The van der Waals surface area contributed by atoms with Gasteiger partial charge in [-0.15, -0.1) is 0 Å². The van der Waals surface area contributed by atoms with Crippen LogP contribution in [0, 0.1) is 19.8 Å². The fourth-order valence-corrected chi connectivity index (χ4v) is 2.89. The Morgan fingerprint density at radius 1 is 1.20 bits per heavy atom. The lowest BCUT2D eigenvalue weighted by molar-refractivity contribution is -0.122. The summed E-state index contributed by atoms with van der Waals surface area (Å²) in [5.74, 6) is 0.245. The second-order valence-electron chi connectivity index (χ2n) is 6.07. The molecule has 1 aliphatic rings. The minimum Gasteiger partial charge on any atom is -0.497 e. The van der Waals surface area contributed by atoms with Crippen molar-refractivity contribution in [3.8, 4) is 5.75 Å². The number of methoxy groups -OCH3 is 1. The molecule has 1 saturated heterocycles. The Bertz CT molecular complexity index is 784. The number of benzene rings is 1. The minimum atomic E-state index is -0.431. The summed E-state index contributed by atoms with van der Waals surface area (Å²) in [6, 6.07) is 9.03. The van der Waals surface area contributed by atoms with Gasteiger partial charge in [0.15, 0.2) is 0 Å².